The summed E-state index contributed by atoms with van der Waals surface area (Å²) in [6.07, 6.45) is 27.3. The number of nitrogens with zero attached hydrogens (tertiary/aromatic N) is 12. The number of aromatic nitrogens is 12. The maximum Gasteiger partial charge on any atom is 2.00 e. The van der Waals surface area contributed by atoms with Crippen LogP contribution in [0.15, 0.2) is 414 Å². The summed E-state index contributed by atoms with van der Waals surface area (Å²) >= 11 is 0. The summed E-state index contributed by atoms with van der Waals surface area (Å²) in [5.41, 5.74) is 6.40. The van der Waals surface area contributed by atoms with Crippen LogP contribution in [0.5, 0.6) is 110 Å². The summed E-state index contributed by atoms with van der Waals surface area (Å²) in [5, 5.41) is 0. The van der Waals surface area contributed by atoms with Crippen LogP contribution < -0.4 is 56.6 Å². The minimum absolute atomic E-state index is 0. The number of pyridine rings is 8. The topological polar surface area (TPSA) is 213 Å². The predicted molar refractivity (Wildman–Crippen MR) is 483 cm³/mol. The average molecular weight is 2230 g/mol. The Labute approximate surface area is 851 Å². The van der Waals surface area contributed by atoms with Crippen LogP contribution >= 0.6 is 0 Å². The SMILES string of the molecule is Cc1cc(C)c(Oc2cccc(Oc3ccccn3)n2)[c-]c1Oc1[c-]cccc1.[Pd+2].[Pd+2].[Pd+2].[Pd].[Pd].[c-]1c(Oc2[c-]c(-c3ccccn3)ccc2)cccc1Oc1ccccn1.[c-]1c(Oc2[c-]c(Oc3ccccn3)ccc2)cccc1Oc1ccccn1.[c-]1c(Oc2ccccn2)cccc1On1[c-][n+](-c2[c-]cccc2)cc1.[c-]1ccccc1-n1[c-][n+](-c2[c-]cccc2)cc1.c1ccncc1. The van der Waals surface area contributed by atoms with Crippen molar-refractivity contribution >= 4 is 0 Å². The van der Waals surface area contributed by atoms with E-state index in [2.05, 4.69) is 113 Å². The number of para-hydroxylation sites is 4. The van der Waals surface area contributed by atoms with Crippen LogP contribution in [0.3, 0.4) is 0 Å². The van der Waals surface area contributed by atoms with E-state index in [-0.39, 0.29) is 102 Å². The molecule has 0 unspecified atom stereocenters. The third kappa shape index (κ3) is 33.4. The Kier molecular flexibility index (Phi) is 42.0. The first-order chi connectivity index (χ1) is 64.2. The fourth-order valence-corrected chi connectivity index (χ4v) is 11.4. The normalized spacial score (nSPS) is 9.85. The van der Waals surface area contributed by atoms with Gasteiger partial charge in [0.25, 0.3) is 12.7 Å². The first kappa shape index (κ1) is 102. The third-order valence-corrected chi connectivity index (χ3v) is 17.3. The molecule has 0 spiro atoms. The Morgan fingerprint density at radius 1 is 0.274 bits per heavy atom. The standard InChI is InChI=1S/C24H18N2O3.C22H14N2O3.C22H14N2O2.C20H13N3O2.C15H10N2.C5H5N.5Pd/c1-17-15-18(2)21(16-20(17)27-19-9-4-3-5-10-19)28-23-12-8-13-24(26-23)29-22-11-6-7-14-25-22;1-3-13-23-21(11-1)26-19-9-5-7-17(15-19)25-18-8-6-10-20(16-18)27-22-12-2-4-14-24-22;1-3-13-23-21(11-1)17-7-5-8-18(15-17)25-19-9-6-10-20(16-19)26-22-12-2-4-14-24-22;1-2-7-17(8-3-1)22-13-14-23(16-22)25-19-10-6-9-18(15-19)24-20-11-4-5-12-21-20;1-3-7-14(8-4-1)16-11-12-17(13-16)15-9-5-2-6-10-15;1-2-4-6-5-3-1;;;;;/h3-9,11-15H,1-2H3;1-14H;1-14H;1-7,9-14H;1-7,9,11-12H;1-5H;;;;;/q5*-2;;;;3*+2. The predicted octanol–water partition coefficient (Wildman–Crippen LogP) is 23.3. The Morgan fingerprint density at radius 2 is 0.644 bits per heavy atom. The second kappa shape index (κ2) is 55.5. The van der Waals surface area contributed by atoms with Crippen LogP contribution in [0.1, 0.15) is 11.1 Å². The number of rotatable bonds is 24. The van der Waals surface area contributed by atoms with Gasteiger partial charge in [0, 0.05) is 215 Å². The molecule has 0 aliphatic heterocycles. The van der Waals surface area contributed by atoms with Gasteiger partial charge in [0.05, 0.1) is 11.9 Å². The summed E-state index contributed by atoms with van der Waals surface area (Å²) < 4.78 is 59.0. The van der Waals surface area contributed by atoms with Gasteiger partial charge in [-0.15, -0.1) is 100 Å². The van der Waals surface area contributed by atoms with Gasteiger partial charge in [-0.2, -0.15) is 145 Å². The van der Waals surface area contributed by atoms with Gasteiger partial charge in [-0.05, 0) is 65.6 Å². The first-order valence-corrected chi connectivity index (χ1v) is 40.3. The molecule has 0 radical (unpaired) electrons. The van der Waals surface area contributed by atoms with Crippen molar-refractivity contribution < 1.29 is 159 Å². The molecule has 20 rings (SSSR count). The molecule has 0 aliphatic carbocycles. The molecule has 680 valence electrons. The van der Waals surface area contributed by atoms with Crippen LogP contribution in [0.4, 0.5) is 0 Å². The zero-order chi connectivity index (χ0) is 88.6. The van der Waals surface area contributed by atoms with Gasteiger partial charge in [-0.25, -0.2) is 24.9 Å². The number of ether oxygens (including phenoxy) is 9. The summed E-state index contributed by atoms with van der Waals surface area (Å²) in [4.78, 5) is 38.9. The van der Waals surface area contributed by atoms with Crippen molar-refractivity contribution in [3.8, 4) is 138 Å². The summed E-state index contributed by atoms with van der Waals surface area (Å²) in [7, 11) is 0. The Balaban J connectivity index is 0.000000171. The summed E-state index contributed by atoms with van der Waals surface area (Å²) in [6, 6.07) is 135. The van der Waals surface area contributed by atoms with Crippen molar-refractivity contribution in [3.63, 3.8) is 0 Å². The van der Waals surface area contributed by atoms with E-state index >= 15 is 0 Å². The smallest absolute Gasteiger partial charge is 0.509 e. The van der Waals surface area contributed by atoms with Gasteiger partial charge >= 0.3 is 61.3 Å². The molecule has 135 heavy (non-hydrogen) atoms. The fraction of sp³-hybridized carbons (Fsp3) is 0.0185. The number of hydrogen-bond acceptors (Lipinski definition) is 18. The Hall–Kier alpha value is -14.9. The van der Waals surface area contributed by atoms with Crippen LogP contribution in [-0.2, 0) is 102 Å². The minimum atomic E-state index is 0. The van der Waals surface area contributed by atoms with E-state index in [4.69, 9.17) is 47.5 Å². The molecule has 10 aromatic heterocycles. The van der Waals surface area contributed by atoms with Crippen molar-refractivity contribution in [2.24, 2.45) is 0 Å². The molecule has 22 nitrogen and oxygen atoms in total. The van der Waals surface area contributed by atoms with E-state index < -0.39 is 0 Å². The van der Waals surface area contributed by atoms with Crippen molar-refractivity contribution in [2.75, 3.05) is 0 Å². The van der Waals surface area contributed by atoms with Crippen molar-refractivity contribution in [3.05, 3.63) is 499 Å². The van der Waals surface area contributed by atoms with E-state index in [1.165, 1.54) is 4.73 Å². The van der Waals surface area contributed by atoms with Crippen LogP contribution in [0.25, 0.3) is 28.3 Å². The molecule has 0 N–H and O–H groups in total. The van der Waals surface area contributed by atoms with E-state index in [1.54, 1.807) is 157 Å². The second-order valence-electron chi connectivity index (χ2n) is 26.8. The van der Waals surface area contributed by atoms with E-state index in [0.29, 0.717) is 110 Å². The molecule has 0 amide bonds. The molecule has 0 bridgehead atoms. The van der Waals surface area contributed by atoms with Gasteiger partial charge in [0.1, 0.15) is 0 Å². The molecule has 27 heteroatoms. The number of hydrogen-bond donors (Lipinski definition) is 0. The molecule has 0 saturated heterocycles. The quantitative estimate of drug-likeness (QED) is 0.0312. The molecule has 10 aromatic carbocycles. The largest absolute Gasteiger partial charge is 2.00 e. The maximum absolute atomic E-state index is 5.96. The van der Waals surface area contributed by atoms with Gasteiger partial charge in [-0.1, -0.05) is 111 Å². The number of aryl methyl sites for hydroxylation is 2. The third-order valence-electron chi connectivity index (χ3n) is 17.3. The van der Waals surface area contributed by atoms with Gasteiger partial charge < -0.3 is 66.2 Å². The van der Waals surface area contributed by atoms with Gasteiger partial charge in [0.15, 0.2) is 0 Å². The first-order valence-electron chi connectivity index (χ1n) is 40.3. The number of imidazole rings is 2. The Bertz CT molecular complexity index is 6630. The van der Waals surface area contributed by atoms with E-state index in [9.17, 15) is 0 Å². The molecule has 0 saturated carbocycles. The summed E-state index contributed by atoms with van der Waals surface area (Å²) in [6.45, 7) is 3.91. The zero-order valence-electron chi connectivity index (χ0n) is 71.3. The minimum Gasteiger partial charge on any atom is -0.509 e. The molecule has 10 heterocycles. The average Bonchev–Trinajstić information content (AvgIpc) is 1.82. The van der Waals surface area contributed by atoms with Crippen LogP contribution in [0, 0.1) is 87.2 Å². The van der Waals surface area contributed by atoms with Crippen molar-refractivity contribution in [2.45, 2.75) is 13.8 Å². The van der Waals surface area contributed by atoms with Gasteiger partial charge in [0.2, 0.25) is 41.2 Å². The van der Waals surface area contributed by atoms with Crippen molar-refractivity contribution in [1.82, 2.24) is 49.2 Å². The van der Waals surface area contributed by atoms with Crippen LogP contribution in [-0.4, -0.2) is 49.2 Å². The van der Waals surface area contributed by atoms with Gasteiger partial charge in [-0.3, -0.25) is 4.98 Å². The summed E-state index contributed by atoms with van der Waals surface area (Å²) in [5.74, 6) is 9.63. The number of benzene rings is 10. The van der Waals surface area contributed by atoms with Crippen LogP contribution in [0.2, 0.25) is 0 Å². The Morgan fingerprint density at radius 3 is 1.07 bits per heavy atom. The monoisotopic (exact) mass is 2230 g/mol. The molecule has 20 aromatic rings. The zero-order valence-corrected chi connectivity index (χ0v) is 79.1. The molecule has 0 fully saturated rings. The van der Waals surface area contributed by atoms with Crippen molar-refractivity contribution in [1.29, 1.82) is 0 Å². The molecular formula is C108H74N12O10Pd5-4. The fourth-order valence-electron chi connectivity index (χ4n) is 11.4. The van der Waals surface area contributed by atoms with E-state index in [0.717, 1.165) is 39.4 Å². The molecule has 0 atom stereocenters. The second-order valence-corrected chi connectivity index (χ2v) is 26.8. The molecular weight excluding hydrogens is 2160 g/mol. The van der Waals surface area contributed by atoms with E-state index in [1.807, 2.05) is 284 Å². The maximum atomic E-state index is 5.96. The molecule has 0 aliphatic rings.